The van der Waals surface area contributed by atoms with E-state index in [2.05, 4.69) is 0 Å². The molecule has 1 atom stereocenters. The van der Waals surface area contributed by atoms with E-state index >= 15 is 0 Å². The first-order chi connectivity index (χ1) is 18.2. The lowest BCUT2D eigenvalue weighted by Crippen LogP contribution is -2.39. The molecule has 1 heterocycles. The highest BCUT2D eigenvalue weighted by atomic mass is 35.5. The number of rotatable bonds is 6. The number of halogens is 2. The molecule has 0 aliphatic carbocycles. The minimum absolute atomic E-state index is 0.104. The van der Waals surface area contributed by atoms with Gasteiger partial charge in [0, 0.05) is 12.1 Å². The zero-order chi connectivity index (χ0) is 27.0. The Kier molecular flexibility index (Phi) is 7.00. The molecule has 5 aromatic rings. The van der Waals surface area contributed by atoms with Gasteiger partial charge in [0.05, 0.1) is 27.7 Å². The quantitative estimate of drug-likeness (QED) is 0.235. The van der Waals surface area contributed by atoms with E-state index < -0.39 is 11.9 Å². The second-order valence-electron chi connectivity index (χ2n) is 9.82. The maximum Gasteiger partial charge on any atom is 0.266 e. The van der Waals surface area contributed by atoms with Crippen molar-refractivity contribution in [3.05, 3.63) is 118 Å². The van der Waals surface area contributed by atoms with Crippen LogP contribution in [-0.2, 0) is 0 Å². The van der Waals surface area contributed by atoms with Crippen LogP contribution in [0.3, 0.4) is 0 Å². The molecular formula is C31H27ClFN3O2. The summed E-state index contributed by atoms with van der Waals surface area (Å²) in [5, 5.41) is 2.33. The van der Waals surface area contributed by atoms with Gasteiger partial charge in [0.2, 0.25) is 0 Å². The van der Waals surface area contributed by atoms with E-state index in [-0.39, 0.29) is 22.4 Å². The predicted molar refractivity (Wildman–Crippen MR) is 151 cm³/mol. The summed E-state index contributed by atoms with van der Waals surface area (Å²) in [4.78, 5) is 34.3. The Balaban J connectivity index is 1.68. The molecule has 192 valence electrons. The Morgan fingerprint density at radius 1 is 0.947 bits per heavy atom. The third kappa shape index (κ3) is 4.79. The second kappa shape index (κ2) is 10.4. The summed E-state index contributed by atoms with van der Waals surface area (Å²) in [5.41, 5.74) is 1.13. The Hall–Kier alpha value is -4.03. The summed E-state index contributed by atoms with van der Waals surface area (Å²) in [5.74, 6) is -0.225. The molecule has 4 aromatic carbocycles. The Bertz CT molecular complexity index is 1730. The highest BCUT2D eigenvalue weighted by Crippen LogP contribution is 2.28. The Morgan fingerprint density at radius 3 is 2.39 bits per heavy atom. The first kappa shape index (κ1) is 25.6. The molecule has 0 spiro atoms. The predicted octanol–water partition coefficient (Wildman–Crippen LogP) is 7.19. The topological polar surface area (TPSA) is 55.2 Å². The van der Waals surface area contributed by atoms with E-state index in [9.17, 15) is 14.0 Å². The third-order valence-electron chi connectivity index (χ3n) is 6.62. The molecule has 38 heavy (non-hydrogen) atoms. The number of amides is 1. The molecule has 0 bridgehead atoms. The van der Waals surface area contributed by atoms with Crippen LogP contribution in [0.4, 0.5) is 4.39 Å². The lowest BCUT2D eigenvalue weighted by Gasteiger charge is -2.32. The first-order valence-corrected chi connectivity index (χ1v) is 12.9. The van der Waals surface area contributed by atoms with Crippen LogP contribution in [0.15, 0.2) is 89.7 Å². The highest BCUT2D eigenvalue weighted by molar-refractivity contribution is 6.30. The van der Waals surface area contributed by atoms with Crippen LogP contribution in [0.5, 0.6) is 0 Å². The third-order valence-corrected chi connectivity index (χ3v) is 6.91. The van der Waals surface area contributed by atoms with Gasteiger partial charge in [0.1, 0.15) is 11.6 Å². The first-order valence-electron chi connectivity index (χ1n) is 12.5. The van der Waals surface area contributed by atoms with E-state index in [0.29, 0.717) is 34.5 Å². The number of benzene rings is 4. The molecule has 7 heteroatoms. The van der Waals surface area contributed by atoms with Crippen molar-refractivity contribution >= 4 is 39.2 Å². The van der Waals surface area contributed by atoms with Crippen LogP contribution >= 0.6 is 11.6 Å². The normalized spacial score (nSPS) is 12.3. The van der Waals surface area contributed by atoms with Crippen molar-refractivity contribution in [1.82, 2.24) is 14.5 Å². The molecule has 5 nitrogen and oxygen atoms in total. The number of carbonyl (C=O) groups is 1. The fourth-order valence-corrected chi connectivity index (χ4v) is 4.92. The number of para-hydroxylation sites is 1. The summed E-state index contributed by atoms with van der Waals surface area (Å²) in [6.45, 7) is 6.38. The van der Waals surface area contributed by atoms with Crippen molar-refractivity contribution in [3.63, 3.8) is 0 Å². The zero-order valence-electron chi connectivity index (χ0n) is 21.4. The highest BCUT2D eigenvalue weighted by Gasteiger charge is 2.28. The molecule has 1 amide bonds. The van der Waals surface area contributed by atoms with Crippen molar-refractivity contribution in [2.75, 3.05) is 6.54 Å². The van der Waals surface area contributed by atoms with Gasteiger partial charge < -0.3 is 4.90 Å². The summed E-state index contributed by atoms with van der Waals surface area (Å²) >= 11 is 6.10. The maximum absolute atomic E-state index is 14.0. The zero-order valence-corrected chi connectivity index (χ0v) is 22.1. The van der Waals surface area contributed by atoms with Gasteiger partial charge >= 0.3 is 0 Å². The number of hydrogen-bond acceptors (Lipinski definition) is 3. The molecule has 1 unspecified atom stereocenters. The lowest BCUT2D eigenvalue weighted by molar-refractivity contribution is 0.0655. The fraction of sp³-hybridized carbons (Fsp3) is 0.194. The number of aromatic nitrogens is 2. The number of hydrogen-bond donors (Lipinski definition) is 0. The SMILES string of the molecule is CC(C)CN(C(=O)c1ccc2ccccc2c1)C(C)c1nc2ccccc2c(=O)n1-c1ccc(F)c(Cl)c1. The summed E-state index contributed by atoms with van der Waals surface area (Å²) in [7, 11) is 0. The van der Waals surface area contributed by atoms with E-state index in [1.807, 2.05) is 69.3 Å². The fourth-order valence-electron chi connectivity index (χ4n) is 4.74. The standard InChI is InChI=1S/C31H27ClFN3O2/c1-19(2)18-35(30(37)23-13-12-21-8-4-5-9-22(21)16-23)20(3)29-34-28-11-7-6-10-25(28)31(38)36(29)24-14-15-27(33)26(32)17-24/h4-17,19-20H,18H2,1-3H3. The minimum atomic E-state index is -0.586. The maximum atomic E-state index is 14.0. The molecule has 0 saturated carbocycles. The van der Waals surface area contributed by atoms with Gasteiger partial charge in [-0.05, 0) is 66.1 Å². The van der Waals surface area contributed by atoms with Crippen LogP contribution in [0, 0.1) is 11.7 Å². The van der Waals surface area contributed by atoms with Gasteiger partial charge in [-0.15, -0.1) is 0 Å². The molecule has 0 fully saturated rings. The number of carbonyl (C=O) groups excluding carboxylic acids is 1. The molecule has 0 N–H and O–H groups in total. The van der Waals surface area contributed by atoms with E-state index in [4.69, 9.17) is 16.6 Å². The molecule has 1 aromatic heterocycles. The van der Waals surface area contributed by atoms with Gasteiger partial charge in [-0.25, -0.2) is 9.37 Å². The molecule has 0 aliphatic heterocycles. The molecule has 0 aliphatic rings. The van der Waals surface area contributed by atoms with Crippen molar-refractivity contribution in [3.8, 4) is 5.69 Å². The van der Waals surface area contributed by atoms with Gasteiger partial charge in [0.25, 0.3) is 11.5 Å². The smallest absolute Gasteiger partial charge is 0.266 e. The lowest BCUT2D eigenvalue weighted by atomic mass is 10.0. The average Bonchev–Trinajstić information content (AvgIpc) is 2.92. The van der Waals surface area contributed by atoms with Gasteiger partial charge in [-0.2, -0.15) is 0 Å². The van der Waals surface area contributed by atoms with Crippen LogP contribution in [-0.4, -0.2) is 26.9 Å². The van der Waals surface area contributed by atoms with Gasteiger partial charge in [0.15, 0.2) is 0 Å². The molecule has 0 saturated heterocycles. The van der Waals surface area contributed by atoms with Crippen LogP contribution in [0.25, 0.3) is 27.4 Å². The van der Waals surface area contributed by atoms with E-state index in [0.717, 1.165) is 10.8 Å². The van der Waals surface area contributed by atoms with Crippen LogP contribution in [0.2, 0.25) is 5.02 Å². The summed E-state index contributed by atoms with van der Waals surface area (Å²) < 4.78 is 15.4. The summed E-state index contributed by atoms with van der Waals surface area (Å²) in [6, 6.07) is 24.1. The second-order valence-corrected chi connectivity index (χ2v) is 10.2. The van der Waals surface area contributed by atoms with Crippen molar-refractivity contribution < 1.29 is 9.18 Å². The molecular weight excluding hydrogens is 501 g/mol. The van der Waals surface area contributed by atoms with Gasteiger partial charge in [-0.3, -0.25) is 14.2 Å². The van der Waals surface area contributed by atoms with Crippen LogP contribution in [0.1, 0.15) is 43.0 Å². The average molecular weight is 528 g/mol. The van der Waals surface area contributed by atoms with E-state index in [1.165, 1.54) is 22.8 Å². The Morgan fingerprint density at radius 2 is 1.66 bits per heavy atom. The summed E-state index contributed by atoms with van der Waals surface area (Å²) in [6.07, 6.45) is 0. The largest absolute Gasteiger partial charge is 0.328 e. The van der Waals surface area contributed by atoms with E-state index in [1.54, 1.807) is 23.1 Å². The van der Waals surface area contributed by atoms with Crippen molar-refractivity contribution in [1.29, 1.82) is 0 Å². The van der Waals surface area contributed by atoms with Crippen molar-refractivity contribution in [2.45, 2.75) is 26.8 Å². The van der Waals surface area contributed by atoms with Crippen molar-refractivity contribution in [2.24, 2.45) is 5.92 Å². The monoisotopic (exact) mass is 527 g/mol. The number of nitrogens with zero attached hydrogens (tertiary/aromatic N) is 3. The number of fused-ring (bicyclic) bond motifs is 2. The molecule has 5 rings (SSSR count). The van der Waals surface area contributed by atoms with Gasteiger partial charge in [-0.1, -0.05) is 67.9 Å². The minimum Gasteiger partial charge on any atom is -0.328 e. The van der Waals surface area contributed by atoms with Crippen LogP contribution < -0.4 is 5.56 Å². The Labute approximate surface area is 225 Å². The molecule has 0 radical (unpaired) electrons.